The number of hydrogen-bond donors (Lipinski definition) is 1. The van der Waals surface area contributed by atoms with Gasteiger partial charge in [-0.3, -0.25) is 0 Å². The van der Waals surface area contributed by atoms with Crippen LogP contribution in [0.5, 0.6) is 5.75 Å². The zero-order valence-corrected chi connectivity index (χ0v) is 8.34. The van der Waals surface area contributed by atoms with Crippen LogP contribution >= 0.6 is 0 Å². The highest BCUT2D eigenvalue weighted by Gasteiger charge is 2.56. The first-order valence-corrected chi connectivity index (χ1v) is 4.73. The maximum absolute atomic E-state index is 10.4. The highest BCUT2D eigenvalue weighted by molar-refractivity contribution is 5.87. The van der Waals surface area contributed by atoms with Crippen LogP contribution < -0.4 is 4.74 Å². The molecule has 15 heavy (non-hydrogen) atoms. The second kappa shape index (κ2) is 3.90. The summed E-state index contributed by atoms with van der Waals surface area (Å²) in [6.07, 6.45) is 2.86. The van der Waals surface area contributed by atoms with E-state index in [2.05, 4.69) is 0 Å². The van der Waals surface area contributed by atoms with Crippen LogP contribution in [0, 0.1) is 0 Å². The maximum Gasteiger partial charge on any atom is 0.335 e. The molecule has 0 radical (unpaired) electrons. The third kappa shape index (κ3) is 2.70. The van der Waals surface area contributed by atoms with Gasteiger partial charge in [-0.1, -0.05) is 0 Å². The molecule has 1 heterocycles. The third-order valence-electron chi connectivity index (χ3n) is 2.29. The van der Waals surface area contributed by atoms with Gasteiger partial charge >= 0.3 is 5.97 Å². The van der Waals surface area contributed by atoms with Crippen LogP contribution in [0.25, 0.3) is 0 Å². The molecular formula is C11H12O4. The molecule has 4 heteroatoms. The van der Waals surface area contributed by atoms with Crippen molar-refractivity contribution in [2.75, 3.05) is 7.11 Å². The van der Waals surface area contributed by atoms with E-state index in [9.17, 15) is 4.79 Å². The number of methoxy groups -OCH3 is 1. The molecule has 2 atom stereocenters. The summed E-state index contributed by atoms with van der Waals surface area (Å²) in [5.74, 6) is -0.261. The molecule has 1 saturated heterocycles. The van der Waals surface area contributed by atoms with Crippen LogP contribution in [0.2, 0.25) is 0 Å². The van der Waals surface area contributed by atoms with Crippen molar-refractivity contribution in [2.24, 2.45) is 0 Å². The standard InChI is InChI=1S/C8H8O3.C3H4O/c1-11-7-4-2-6(3-5-7)8(9)10;1-2-3(1)4-2/h2-5H,1H3,(H,9,10);2-3H,1H2. The van der Waals surface area contributed by atoms with Crippen LogP contribution in [0.4, 0.5) is 0 Å². The van der Waals surface area contributed by atoms with Gasteiger partial charge in [0.1, 0.15) is 5.75 Å². The molecule has 3 rings (SSSR count). The molecule has 1 aromatic rings. The Bertz CT molecular complexity index is 345. The molecule has 0 bridgehead atoms. The Morgan fingerprint density at radius 1 is 1.40 bits per heavy atom. The Balaban J connectivity index is 0.000000171. The Morgan fingerprint density at radius 2 is 1.87 bits per heavy atom. The summed E-state index contributed by atoms with van der Waals surface area (Å²) in [7, 11) is 1.54. The van der Waals surface area contributed by atoms with Crippen molar-refractivity contribution >= 4 is 5.97 Å². The first-order valence-electron chi connectivity index (χ1n) is 4.73. The molecule has 2 fully saturated rings. The average molecular weight is 208 g/mol. The summed E-state index contributed by atoms with van der Waals surface area (Å²) in [6.45, 7) is 0. The topological polar surface area (TPSA) is 59.1 Å². The monoisotopic (exact) mass is 208 g/mol. The second-order valence-corrected chi connectivity index (χ2v) is 3.48. The zero-order valence-electron chi connectivity index (χ0n) is 8.34. The number of ether oxygens (including phenoxy) is 2. The zero-order chi connectivity index (χ0) is 10.8. The largest absolute Gasteiger partial charge is 0.497 e. The second-order valence-electron chi connectivity index (χ2n) is 3.48. The van der Waals surface area contributed by atoms with Gasteiger partial charge in [-0.2, -0.15) is 0 Å². The SMILES string of the molecule is C1C2OC12.COc1ccc(C(=O)O)cc1. The first kappa shape index (κ1) is 9.98. The van der Waals surface area contributed by atoms with Crippen LogP contribution in [0.1, 0.15) is 16.8 Å². The number of carboxylic acids is 1. The van der Waals surface area contributed by atoms with Gasteiger partial charge in [-0.25, -0.2) is 4.79 Å². The lowest BCUT2D eigenvalue weighted by molar-refractivity contribution is 0.0697. The van der Waals surface area contributed by atoms with E-state index in [0.717, 1.165) is 12.2 Å². The maximum atomic E-state index is 10.4. The minimum Gasteiger partial charge on any atom is -0.497 e. The molecule has 2 aliphatic rings. The van der Waals surface area contributed by atoms with Gasteiger partial charge in [0.15, 0.2) is 0 Å². The Labute approximate surface area is 87.4 Å². The molecule has 0 aromatic heterocycles. The minimum atomic E-state index is -0.923. The fraction of sp³-hybridized carbons (Fsp3) is 0.364. The van der Waals surface area contributed by atoms with Gasteiger partial charge in [0, 0.05) is 6.42 Å². The average Bonchev–Trinajstić information content (AvgIpc) is 3.07. The summed E-state index contributed by atoms with van der Waals surface area (Å²) in [5, 5.41) is 8.51. The number of carbonyl (C=O) groups is 1. The molecule has 1 aromatic carbocycles. The number of fused-ring (bicyclic) bond motifs is 1. The molecule has 80 valence electrons. The summed E-state index contributed by atoms with van der Waals surface area (Å²) in [4.78, 5) is 10.4. The van der Waals surface area contributed by atoms with Crippen LogP contribution in [-0.2, 0) is 4.74 Å². The minimum absolute atomic E-state index is 0.269. The summed E-state index contributed by atoms with van der Waals surface area (Å²) in [5.41, 5.74) is 0.269. The summed E-state index contributed by atoms with van der Waals surface area (Å²) >= 11 is 0. The molecule has 1 saturated carbocycles. The van der Waals surface area contributed by atoms with Gasteiger partial charge in [0.2, 0.25) is 0 Å². The van der Waals surface area contributed by atoms with E-state index in [4.69, 9.17) is 14.6 Å². The van der Waals surface area contributed by atoms with Crippen molar-refractivity contribution in [1.82, 2.24) is 0 Å². The molecule has 1 aliphatic carbocycles. The van der Waals surface area contributed by atoms with Crippen molar-refractivity contribution in [1.29, 1.82) is 0 Å². The molecule has 0 amide bonds. The quantitative estimate of drug-likeness (QED) is 0.749. The van der Waals surface area contributed by atoms with Gasteiger partial charge in [0.25, 0.3) is 0 Å². The molecule has 4 nitrogen and oxygen atoms in total. The van der Waals surface area contributed by atoms with Crippen molar-refractivity contribution in [2.45, 2.75) is 18.6 Å². The van der Waals surface area contributed by atoms with Crippen LogP contribution in [0.3, 0.4) is 0 Å². The number of hydrogen-bond acceptors (Lipinski definition) is 3. The first-order chi connectivity index (χ1) is 7.20. The normalized spacial score (nSPS) is 24.3. The Hall–Kier alpha value is -1.55. The van der Waals surface area contributed by atoms with Crippen molar-refractivity contribution in [3.8, 4) is 5.75 Å². The Morgan fingerprint density at radius 3 is 2.13 bits per heavy atom. The molecule has 0 spiro atoms. The summed E-state index contributed by atoms with van der Waals surface area (Å²) in [6, 6.07) is 6.23. The molecule has 2 unspecified atom stereocenters. The van der Waals surface area contributed by atoms with Gasteiger partial charge < -0.3 is 14.6 Å². The molecule has 1 N–H and O–H groups in total. The van der Waals surface area contributed by atoms with E-state index < -0.39 is 5.97 Å². The fourth-order valence-corrected chi connectivity index (χ4v) is 1.05. The molecular weight excluding hydrogens is 196 g/mol. The van der Waals surface area contributed by atoms with Crippen LogP contribution in [-0.4, -0.2) is 30.4 Å². The third-order valence-corrected chi connectivity index (χ3v) is 2.29. The predicted octanol–water partition coefficient (Wildman–Crippen LogP) is 1.55. The van der Waals surface area contributed by atoms with E-state index in [1.54, 1.807) is 12.1 Å². The number of aromatic carboxylic acids is 1. The number of carboxylic acid groups (broad SMARTS) is 1. The summed E-state index contributed by atoms with van der Waals surface area (Å²) < 4.78 is 9.66. The van der Waals surface area contributed by atoms with E-state index in [1.165, 1.54) is 25.7 Å². The van der Waals surface area contributed by atoms with E-state index >= 15 is 0 Å². The number of rotatable bonds is 2. The van der Waals surface area contributed by atoms with Gasteiger partial charge in [-0.15, -0.1) is 0 Å². The number of epoxide rings is 1. The highest BCUT2D eigenvalue weighted by Crippen LogP contribution is 2.45. The Kier molecular flexibility index (Phi) is 2.60. The fourth-order valence-electron chi connectivity index (χ4n) is 1.05. The smallest absolute Gasteiger partial charge is 0.335 e. The number of benzene rings is 1. The lowest BCUT2D eigenvalue weighted by Gasteiger charge is -1.98. The van der Waals surface area contributed by atoms with E-state index in [0.29, 0.717) is 5.75 Å². The van der Waals surface area contributed by atoms with E-state index in [1.807, 2.05) is 0 Å². The van der Waals surface area contributed by atoms with Crippen molar-refractivity contribution in [3.05, 3.63) is 29.8 Å². The van der Waals surface area contributed by atoms with E-state index in [-0.39, 0.29) is 5.56 Å². The van der Waals surface area contributed by atoms with Crippen molar-refractivity contribution in [3.63, 3.8) is 0 Å². The lowest BCUT2D eigenvalue weighted by Crippen LogP contribution is -1.95. The van der Waals surface area contributed by atoms with Gasteiger partial charge in [0.05, 0.1) is 24.9 Å². The molecule has 1 aliphatic heterocycles. The highest BCUT2D eigenvalue weighted by atomic mass is 16.6. The van der Waals surface area contributed by atoms with Crippen molar-refractivity contribution < 1.29 is 19.4 Å². The van der Waals surface area contributed by atoms with Crippen LogP contribution in [0.15, 0.2) is 24.3 Å². The lowest BCUT2D eigenvalue weighted by atomic mass is 10.2. The predicted molar refractivity (Wildman–Crippen MR) is 53.2 cm³/mol. The van der Waals surface area contributed by atoms with Gasteiger partial charge in [-0.05, 0) is 24.3 Å².